The van der Waals surface area contributed by atoms with E-state index in [0.29, 0.717) is 0 Å². The first-order valence-electron chi connectivity index (χ1n) is 4.76. The highest BCUT2D eigenvalue weighted by Crippen LogP contribution is 2.82. The van der Waals surface area contributed by atoms with Crippen LogP contribution in [-0.4, -0.2) is 0 Å². The van der Waals surface area contributed by atoms with Crippen molar-refractivity contribution in [2.45, 2.75) is 33.1 Å². The van der Waals surface area contributed by atoms with Crippen molar-refractivity contribution in [1.82, 2.24) is 0 Å². The van der Waals surface area contributed by atoms with Crippen LogP contribution in [0.1, 0.15) is 33.1 Å². The molecule has 3 aliphatic rings. The molecule has 1 spiro atoms. The first-order chi connectivity index (χ1) is 4.76. The van der Waals surface area contributed by atoms with Gasteiger partial charge in [0.15, 0.2) is 0 Å². The average Bonchev–Trinajstić information content (AvgIpc) is 2.71. The zero-order valence-electron chi connectivity index (χ0n) is 6.93. The molecule has 3 saturated carbocycles. The molecule has 3 aliphatic carbocycles. The summed E-state index contributed by atoms with van der Waals surface area (Å²) in [5.74, 6) is 4.51. The minimum absolute atomic E-state index is 0.955. The molecular formula is C10H16. The third-order valence-corrected chi connectivity index (χ3v) is 4.40. The van der Waals surface area contributed by atoms with Crippen molar-refractivity contribution < 1.29 is 0 Å². The summed E-state index contributed by atoms with van der Waals surface area (Å²) in [7, 11) is 0. The summed E-state index contributed by atoms with van der Waals surface area (Å²) in [6, 6.07) is 0. The topological polar surface area (TPSA) is 0 Å². The van der Waals surface area contributed by atoms with E-state index in [2.05, 4.69) is 13.8 Å². The standard InChI is InChI=1S/C10H16/c1-6-5-7(2)9-8(6)10(9)3-4-10/h6-9H,3-5H2,1-2H3. The van der Waals surface area contributed by atoms with Gasteiger partial charge in [-0.2, -0.15) is 0 Å². The molecule has 0 nitrogen and oxygen atoms in total. The highest BCUT2D eigenvalue weighted by molar-refractivity contribution is 5.24. The predicted molar refractivity (Wildman–Crippen MR) is 41.6 cm³/mol. The van der Waals surface area contributed by atoms with Crippen molar-refractivity contribution in [1.29, 1.82) is 0 Å². The first kappa shape index (κ1) is 5.62. The summed E-state index contributed by atoms with van der Waals surface area (Å²) in [6.07, 6.45) is 4.69. The molecule has 0 saturated heterocycles. The van der Waals surface area contributed by atoms with Gasteiger partial charge in [-0.05, 0) is 48.3 Å². The molecule has 0 amide bonds. The van der Waals surface area contributed by atoms with E-state index >= 15 is 0 Å². The molecule has 0 N–H and O–H groups in total. The number of hydrogen-bond donors (Lipinski definition) is 0. The van der Waals surface area contributed by atoms with Crippen LogP contribution in [0.5, 0.6) is 0 Å². The van der Waals surface area contributed by atoms with Gasteiger partial charge in [0, 0.05) is 0 Å². The highest BCUT2D eigenvalue weighted by Gasteiger charge is 2.76. The number of hydrogen-bond acceptors (Lipinski definition) is 0. The summed E-state index contributed by atoms with van der Waals surface area (Å²) in [5.41, 5.74) is 0.955. The smallest absolute Gasteiger partial charge is 0.0229 e. The van der Waals surface area contributed by atoms with Gasteiger partial charge < -0.3 is 0 Å². The summed E-state index contributed by atoms with van der Waals surface area (Å²) >= 11 is 0. The second-order valence-corrected chi connectivity index (χ2v) is 4.98. The molecule has 0 bridgehead atoms. The van der Waals surface area contributed by atoms with E-state index in [4.69, 9.17) is 0 Å². The van der Waals surface area contributed by atoms with Crippen LogP contribution in [0.2, 0.25) is 0 Å². The van der Waals surface area contributed by atoms with Gasteiger partial charge in [-0.1, -0.05) is 13.8 Å². The lowest BCUT2D eigenvalue weighted by atomic mass is 9.95. The summed E-state index contributed by atoms with van der Waals surface area (Å²) in [6.45, 7) is 4.93. The van der Waals surface area contributed by atoms with E-state index in [9.17, 15) is 0 Å². The Morgan fingerprint density at radius 3 is 1.80 bits per heavy atom. The van der Waals surface area contributed by atoms with Crippen LogP contribution in [-0.2, 0) is 0 Å². The maximum absolute atomic E-state index is 2.47. The SMILES string of the molecule is CC1CC(C)C2C1C21CC1. The van der Waals surface area contributed by atoms with E-state index in [0.717, 1.165) is 17.3 Å². The van der Waals surface area contributed by atoms with Gasteiger partial charge in [-0.25, -0.2) is 0 Å². The largest absolute Gasteiger partial charge is 0.0622 e. The summed E-state index contributed by atoms with van der Waals surface area (Å²) in [4.78, 5) is 0. The minimum atomic E-state index is 0.955. The van der Waals surface area contributed by atoms with Gasteiger partial charge in [0.05, 0.1) is 0 Å². The Morgan fingerprint density at radius 2 is 1.50 bits per heavy atom. The van der Waals surface area contributed by atoms with Crippen molar-refractivity contribution in [3.05, 3.63) is 0 Å². The lowest BCUT2D eigenvalue weighted by Gasteiger charge is -2.10. The van der Waals surface area contributed by atoms with Crippen molar-refractivity contribution in [2.24, 2.45) is 29.1 Å². The Bertz CT molecular complexity index is 162. The van der Waals surface area contributed by atoms with Crippen LogP contribution in [0.25, 0.3) is 0 Å². The Kier molecular flexibility index (Phi) is 0.735. The Hall–Kier alpha value is 0. The third kappa shape index (κ3) is 0.408. The van der Waals surface area contributed by atoms with Crippen LogP contribution in [0, 0.1) is 29.1 Å². The predicted octanol–water partition coefficient (Wildman–Crippen LogP) is 2.69. The second kappa shape index (κ2) is 1.31. The van der Waals surface area contributed by atoms with Gasteiger partial charge in [-0.15, -0.1) is 0 Å². The molecule has 0 aliphatic heterocycles. The molecule has 0 radical (unpaired) electrons. The molecular weight excluding hydrogens is 120 g/mol. The van der Waals surface area contributed by atoms with Crippen LogP contribution < -0.4 is 0 Å². The monoisotopic (exact) mass is 136 g/mol. The van der Waals surface area contributed by atoms with Crippen molar-refractivity contribution >= 4 is 0 Å². The van der Waals surface area contributed by atoms with E-state index in [1.807, 2.05) is 0 Å². The lowest BCUT2D eigenvalue weighted by molar-refractivity contribution is 0.393. The summed E-state index contributed by atoms with van der Waals surface area (Å²) in [5, 5.41) is 0. The average molecular weight is 136 g/mol. The highest BCUT2D eigenvalue weighted by atomic mass is 14.8. The van der Waals surface area contributed by atoms with Crippen LogP contribution in [0.3, 0.4) is 0 Å². The van der Waals surface area contributed by atoms with E-state index in [1.165, 1.54) is 18.3 Å². The number of rotatable bonds is 0. The van der Waals surface area contributed by atoms with Gasteiger partial charge in [0.25, 0.3) is 0 Å². The molecule has 3 rings (SSSR count). The second-order valence-electron chi connectivity index (χ2n) is 4.98. The molecule has 0 heterocycles. The van der Waals surface area contributed by atoms with E-state index in [1.54, 1.807) is 12.8 Å². The van der Waals surface area contributed by atoms with E-state index in [-0.39, 0.29) is 0 Å². The summed E-state index contributed by atoms with van der Waals surface area (Å²) < 4.78 is 0. The maximum atomic E-state index is 2.47. The normalized spacial score (nSPS) is 60.6. The van der Waals surface area contributed by atoms with Gasteiger partial charge in [0.1, 0.15) is 0 Å². The van der Waals surface area contributed by atoms with Crippen molar-refractivity contribution in [3.8, 4) is 0 Å². The van der Waals surface area contributed by atoms with Gasteiger partial charge in [-0.3, -0.25) is 0 Å². The van der Waals surface area contributed by atoms with Crippen molar-refractivity contribution in [3.63, 3.8) is 0 Å². The minimum Gasteiger partial charge on any atom is -0.0622 e. The van der Waals surface area contributed by atoms with Crippen LogP contribution in [0.4, 0.5) is 0 Å². The zero-order valence-corrected chi connectivity index (χ0v) is 6.93. The third-order valence-electron chi connectivity index (χ3n) is 4.40. The van der Waals surface area contributed by atoms with Gasteiger partial charge >= 0.3 is 0 Å². The number of fused-ring (bicyclic) bond motifs is 3. The Morgan fingerprint density at radius 1 is 1.00 bits per heavy atom. The molecule has 0 aromatic heterocycles. The molecule has 10 heavy (non-hydrogen) atoms. The zero-order chi connectivity index (χ0) is 6.93. The van der Waals surface area contributed by atoms with Crippen LogP contribution in [0.15, 0.2) is 0 Å². The Balaban J connectivity index is 1.91. The molecule has 4 atom stereocenters. The molecule has 3 fully saturated rings. The fourth-order valence-electron chi connectivity index (χ4n) is 4.09. The fourth-order valence-corrected chi connectivity index (χ4v) is 4.09. The van der Waals surface area contributed by atoms with E-state index < -0.39 is 0 Å². The molecule has 0 aromatic carbocycles. The molecule has 4 unspecified atom stereocenters. The maximum Gasteiger partial charge on any atom is -0.0229 e. The van der Waals surface area contributed by atoms with Gasteiger partial charge in [0.2, 0.25) is 0 Å². The molecule has 0 aromatic rings. The quantitative estimate of drug-likeness (QED) is 0.480. The lowest BCUT2D eigenvalue weighted by Crippen LogP contribution is -2.02. The first-order valence-corrected chi connectivity index (χ1v) is 4.76. The fraction of sp³-hybridized carbons (Fsp3) is 1.00. The van der Waals surface area contributed by atoms with Crippen molar-refractivity contribution in [2.75, 3.05) is 0 Å². The van der Waals surface area contributed by atoms with Crippen LogP contribution >= 0.6 is 0 Å². The molecule has 56 valence electrons. The Labute approximate surface area is 63.0 Å². The molecule has 0 heteroatoms.